The van der Waals surface area contributed by atoms with Crippen LogP contribution in [-0.4, -0.2) is 19.3 Å². The van der Waals surface area contributed by atoms with Gasteiger partial charge in [0.15, 0.2) is 5.13 Å². The van der Waals surface area contributed by atoms with Gasteiger partial charge in [0.25, 0.3) is 15.9 Å². The van der Waals surface area contributed by atoms with E-state index in [2.05, 4.69) is 9.71 Å². The third kappa shape index (κ3) is 4.96. The van der Waals surface area contributed by atoms with E-state index in [1.807, 2.05) is 31.2 Å². The lowest BCUT2D eigenvalue weighted by molar-refractivity contribution is 0.0983. The summed E-state index contributed by atoms with van der Waals surface area (Å²) in [5.41, 5.74) is 2.54. The SMILES string of the molecule is Cc1ccc(S(=O)(=O)Nc2ccc(C(=O)N(Cc3ccco3)c3nc4ccccc4s3)cc2)cc1. The number of carbonyl (C=O) groups excluding carboxylic acids is 1. The van der Waals surface area contributed by atoms with E-state index in [1.165, 1.54) is 11.3 Å². The van der Waals surface area contributed by atoms with E-state index >= 15 is 0 Å². The van der Waals surface area contributed by atoms with Gasteiger partial charge >= 0.3 is 0 Å². The van der Waals surface area contributed by atoms with E-state index in [1.54, 1.807) is 71.8 Å². The lowest BCUT2D eigenvalue weighted by atomic mass is 10.2. The van der Waals surface area contributed by atoms with Gasteiger partial charge in [-0.3, -0.25) is 14.4 Å². The predicted molar refractivity (Wildman–Crippen MR) is 137 cm³/mol. The summed E-state index contributed by atoms with van der Waals surface area (Å²) in [7, 11) is -3.74. The number of carbonyl (C=O) groups is 1. The molecule has 0 aliphatic heterocycles. The van der Waals surface area contributed by atoms with Gasteiger partial charge in [-0.05, 0) is 67.6 Å². The number of aryl methyl sites for hydroxylation is 1. The molecule has 35 heavy (non-hydrogen) atoms. The van der Waals surface area contributed by atoms with Crippen molar-refractivity contribution < 1.29 is 17.6 Å². The maximum atomic E-state index is 13.5. The van der Waals surface area contributed by atoms with E-state index in [4.69, 9.17) is 4.42 Å². The first-order valence-electron chi connectivity index (χ1n) is 10.8. The zero-order chi connectivity index (χ0) is 24.4. The first kappa shape index (κ1) is 22.8. The second-order valence-electron chi connectivity index (χ2n) is 7.93. The Morgan fingerprint density at radius 2 is 1.71 bits per heavy atom. The van der Waals surface area contributed by atoms with E-state index < -0.39 is 10.0 Å². The number of nitrogens with zero attached hydrogens (tertiary/aromatic N) is 2. The van der Waals surface area contributed by atoms with E-state index in [-0.39, 0.29) is 17.3 Å². The standard InChI is InChI=1S/C26H21N3O4S2/c1-18-8-14-22(15-9-18)35(31,32)28-20-12-10-19(11-13-20)25(30)29(17-21-5-4-16-33-21)26-27-23-6-2-3-7-24(23)34-26/h2-16,28H,17H2,1H3. The first-order chi connectivity index (χ1) is 16.9. The number of hydrogen-bond donors (Lipinski definition) is 1. The fourth-order valence-electron chi connectivity index (χ4n) is 3.53. The number of amides is 1. The van der Waals surface area contributed by atoms with Gasteiger partial charge in [-0.2, -0.15) is 0 Å². The smallest absolute Gasteiger partial charge is 0.261 e. The Morgan fingerprint density at radius 1 is 0.971 bits per heavy atom. The summed E-state index contributed by atoms with van der Waals surface area (Å²) in [6, 6.07) is 24.2. The van der Waals surface area contributed by atoms with Crippen LogP contribution in [0, 0.1) is 6.92 Å². The molecule has 0 atom stereocenters. The van der Waals surface area contributed by atoms with Crippen molar-refractivity contribution in [3.8, 4) is 0 Å². The van der Waals surface area contributed by atoms with Gasteiger partial charge in [0.1, 0.15) is 5.76 Å². The van der Waals surface area contributed by atoms with Gasteiger partial charge in [0.05, 0.1) is 27.9 Å². The minimum Gasteiger partial charge on any atom is -0.467 e. The molecule has 1 N–H and O–H groups in total. The Hall–Kier alpha value is -3.95. The van der Waals surface area contributed by atoms with Crippen LogP contribution in [0.1, 0.15) is 21.7 Å². The molecule has 7 nitrogen and oxygen atoms in total. The molecule has 3 aromatic carbocycles. The highest BCUT2D eigenvalue weighted by molar-refractivity contribution is 7.92. The molecule has 0 aliphatic rings. The van der Waals surface area contributed by atoms with E-state index in [0.717, 1.165) is 15.8 Å². The van der Waals surface area contributed by atoms with Crippen LogP contribution in [0.3, 0.4) is 0 Å². The van der Waals surface area contributed by atoms with Crippen LogP contribution in [0.15, 0.2) is 101 Å². The van der Waals surface area contributed by atoms with Crippen LogP contribution in [0.2, 0.25) is 0 Å². The van der Waals surface area contributed by atoms with Crippen LogP contribution in [-0.2, 0) is 16.6 Å². The minimum absolute atomic E-state index is 0.170. The average molecular weight is 504 g/mol. The molecule has 0 radical (unpaired) electrons. The minimum atomic E-state index is -3.74. The Labute approximate surface area is 206 Å². The third-order valence-electron chi connectivity index (χ3n) is 5.37. The molecule has 0 saturated carbocycles. The summed E-state index contributed by atoms with van der Waals surface area (Å²) in [6.07, 6.45) is 1.56. The second-order valence-corrected chi connectivity index (χ2v) is 10.6. The number of aromatic nitrogens is 1. The maximum absolute atomic E-state index is 13.5. The predicted octanol–water partition coefficient (Wildman–Crippen LogP) is 5.85. The number of sulfonamides is 1. The van der Waals surface area contributed by atoms with Gasteiger partial charge in [-0.15, -0.1) is 0 Å². The van der Waals surface area contributed by atoms with E-state index in [9.17, 15) is 13.2 Å². The van der Waals surface area contributed by atoms with Crippen molar-refractivity contribution in [2.75, 3.05) is 9.62 Å². The summed E-state index contributed by atoms with van der Waals surface area (Å²) >= 11 is 1.42. The van der Waals surface area contributed by atoms with Crippen molar-refractivity contribution in [3.05, 3.63) is 108 Å². The number of furan rings is 1. The monoisotopic (exact) mass is 503 g/mol. The highest BCUT2D eigenvalue weighted by atomic mass is 32.2. The zero-order valence-electron chi connectivity index (χ0n) is 18.7. The molecule has 0 bridgehead atoms. The van der Waals surface area contributed by atoms with Crippen LogP contribution in [0.25, 0.3) is 10.2 Å². The quantitative estimate of drug-likeness (QED) is 0.301. The molecule has 0 fully saturated rings. The Kier molecular flexibility index (Phi) is 6.10. The molecule has 0 saturated heterocycles. The van der Waals surface area contributed by atoms with Crippen molar-refractivity contribution in [1.82, 2.24) is 4.98 Å². The number of anilines is 2. The summed E-state index contributed by atoms with van der Waals surface area (Å²) in [5, 5.41) is 0.553. The van der Waals surface area contributed by atoms with Gasteiger partial charge < -0.3 is 4.42 Å². The number of para-hydroxylation sites is 1. The number of benzene rings is 3. The summed E-state index contributed by atoms with van der Waals surface area (Å²) < 4.78 is 34.4. The molecule has 2 heterocycles. The fourth-order valence-corrected chi connectivity index (χ4v) is 5.55. The number of hydrogen-bond acceptors (Lipinski definition) is 6. The lowest BCUT2D eigenvalue weighted by Gasteiger charge is -2.19. The Morgan fingerprint density at radius 3 is 2.40 bits per heavy atom. The molecular weight excluding hydrogens is 482 g/mol. The molecule has 1 amide bonds. The fraction of sp³-hybridized carbons (Fsp3) is 0.0769. The molecular formula is C26H21N3O4S2. The largest absolute Gasteiger partial charge is 0.467 e. The lowest BCUT2D eigenvalue weighted by Crippen LogP contribution is -2.30. The number of nitrogens with one attached hydrogen (secondary N) is 1. The highest BCUT2D eigenvalue weighted by Gasteiger charge is 2.23. The Balaban J connectivity index is 1.41. The molecule has 5 aromatic rings. The van der Waals surface area contributed by atoms with Crippen LogP contribution < -0.4 is 9.62 Å². The molecule has 0 unspecified atom stereocenters. The topological polar surface area (TPSA) is 92.5 Å². The second kappa shape index (κ2) is 9.36. The zero-order valence-corrected chi connectivity index (χ0v) is 20.3. The molecule has 9 heteroatoms. The van der Waals surface area contributed by atoms with Crippen molar-refractivity contribution in [2.24, 2.45) is 0 Å². The average Bonchev–Trinajstić information content (AvgIpc) is 3.52. The summed E-state index contributed by atoms with van der Waals surface area (Å²) in [5.74, 6) is 0.355. The van der Waals surface area contributed by atoms with Crippen LogP contribution in [0.4, 0.5) is 10.8 Å². The van der Waals surface area contributed by atoms with Crippen molar-refractivity contribution in [1.29, 1.82) is 0 Å². The van der Waals surface area contributed by atoms with Gasteiger partial charge in [0.2, 0.25) is 0 Å². The van der Waals surface area contributed by atoms with Crippen molar-refractivity contribution in [3.63, 3.8) is 0 Å². The first-order valence-corrected chi connectivity index (χ1v) is 13.1. The van der Waals surface area contributed by atoms with E-state index in [0.29, 0.717) is 22.1 Å². The normalized spacial score (nSPS) is 11.5. The van der Waals surface area contributed by atoms with Crippen LogP contribution >= 0.6 is 11.3 Å². The van der Waals surface area contributed by atoms with Gasteiger partial charge in [-0.25, -0.2) is 13.4 Å². The number of thiazole rings is 1. The molecule has 5 rings (SSSR count). The molecule has 176 valence electrons. The van der Waals surface area contributed by atoms with Gasteiger partial charge in [-0.1, -0.05) is 41.2 Å². The van der Waals surface area contributed by atoms with Crippen molar-refractivity contribution >= 4 is 48.3 Å². The third-order valence-corrected chi connectivity index (χ3v) is 7.82. The number of fused-ring (bicyclic) bond motifs is 1. The van der Waals surface area contributed by atoms with Crippen LogP contribution in [0.5, 0.6) is 0 Å². The number of rotatable bonds is 7. The maximum Gasteiger partial charge on any atom is 0.261 e. The molecule has 0 spiro atoms. The highest BCUT2D eigenvalue weighted by Crippen LogP contribution is 2.31. The molecule has 2 aromatic heterocycles. The molecule has 0 aliphatic carbocycles. The Bertz CT molecular complexity index is 1540. The summed E-state index contributed by atoms with van der Waals surface area (Å²) in [6.45, 7) is 2.11. The van der Waals surface area contributed by atoms with Gasteiger partial charge in [0, 0.05) is 11.3 Å². The van der Waals surface area contributed by atoms with Crippen molar-refractivity contribution in [2.45, 2.75) is 18.4 Å². The summed E-state index contributed by atoms with van der Waals surface area (Å²) in [4.78, 5) is 19.9.